The number of ether oxygens (including phenoxy) is 3. The molecule has 4 bridgehead atoms. The first kappa shape index (κ1) is 31.1. The number of nitrogens with two attached hydrogens (primary N) is 1. The monoisotopic (exact) mass is 699 g/mol. The van der Waals surface area contributed by atoms with Gasteiger partial charge in [0.25, 0.3) is 5.56 Å². The van der Waals surface area contributed by atoms with Crippen LogP contribution in [0.3, 0.4) is 0 Å². The average Bonchev–Trinajstić information content (AvgIpc) is 3.82. The van der Waals surface area contributed by atoms with Crippen molar-refractivity contribution in [3.8, 4) is 0 Å². The van der Waals surface area contributed by atoms with E-state index in [4.69, 9.17) is 38.0 Å². The molecular weight excluding hydrogens is 672 g/mol. The number of nitrogens with one attached hydrogen (secondary N) is 1. The van der Waals surface area contributed by atoms with Crippen LogP contribution < -0.4 is 11.3 Å². The van der Waals surface area contributed by atoms with Crippen LogP contribution in [0.25, 0.3) is 22.3 Å². The molecule has 4 aliphatic rings. The van der Waals surface area contributed by atoms with Crippen molar-refractivity contribution in [1.29, 1.82) is 0 Å². The fraction of sp³-hybridized carbons (Fsp3) is 0.565. The minimum atomic E-state index is -5.04. The highest BCUT2D eigenvalue weighted by Crippen LogP contribution is 2.58. The molecule has 6 N–H and O–H groups in total. The van der Waals surface area contributed by atoms with Crippen LogP contribution in [0, 0.1) is 12.8 Å². The first-order valence-corrected chi connectivity index (χ1v) is 17.1. The molecule has 4 aromatic heterocycles. The normalized spacial score (nSPS) is 39.1. The number of aromatic nitrogens is 8. The molecule has 0 spiro atoms. The van der Waals surface area contributed by atoms with Crippen LogP contribution in [0.15, 0.2) is 23.8 Å². The van der Waals surface area contributed by atoms with E-state index in [1.807, 2.05) is 0 Å². The Kier molecular flexibility index (Phi) is 7.19. The summed E-state index contributed by atoms with van der Waals surface area (Å²) in [6.45, 7) is -0.771. The zero-order chi connectivity index (χ0) is 32.9. The van der Waals surface area contributed by atoms with Crippen LogP contribution >= 0.6 is 15.6 Å². The molecule has 0 aromatic carbocycles. The first-order chi connectivity index (χ1) is 22.4. The van der Waals surface area contributed by atoms with E-state index in [2.05, 4.69) is 29.9 Å². The van der Waals surface area contributed by atoms with Crippen LogP contribution in [0.1, 0.15) is 18.3 Å². The second kappa shape index (κ2) is 10.9. The molecule has 4 saturated heterocycles. The minimum Gasteiger partial charge on any atom is -0.396 e. The van der Waals surface area contributed by atoms with Crippen molar-refractivity contribution in [3.63, 3.8) is 0 Å². The number of aromatic amines is 1. The molecule has 252 valence electrons. The molecule has 22 nitrogen and oxygen atoms in total. The zero-order valence-electron chi connectivity index (χ0n) is 24.1. The molecule has 24 heteroatoms. The van der Waals surface area contributed by atoms with Gasteiger partial charge in [-0.3, -0.25) is 32.0 Å². The summed E-state index contributed by atoms with van der Waals surface area (Å²) >= 11 is 0. The van der Waals surface area contributed by atoms with Gasteiger partial charge in [0.2, 0.25) is 0 Å². The van der Waals surface area contributed by atoms with Gasteiger partial charge in [0, 0.05) is 5.92 Å². The van der Waals surface area contributed by atoms with Crippen molar-refractivity contribution < 1.29 is 56.3 Å². The Hall–Kier alpha value is -3.24. The molecule has 0 amide bonds. The molecule has 0 radical (unpaired) electrons. The number of fused-ring (bicyclic) bond motifs is 4. The number of phosphoric ester groups is 2. The van der Waals surface area contributed by atoms with E-state index in [-0.39, 0.29) is 40.6 Å². The number of anilines is 1. The van der Waals surface area contributed by atoms with Gasteiger partial charge in [-0.15, -0.1) is 0 Å². The van der Waals surface area contributed by atoms with Crippen molar-refractivity contribution in [3.05, 3.63) is 35.2 Å². The lowest BCUT2D eigenvalue weighted by Gasteiger charge is -2.32. The van der Waals surface area contributed by atoms with Crippen LogP contribution in [0.4, 0.5) is 5.82 Å². The quantitative estimate of drug-likeness (QED) is 0.161. The Morgan fingerprint density at radius 2 is 1.74 bits per heavy atom. The van der Waals surface area contributed by atoms with Gasteiger partial charge in [-0.2, -0.15) is 0 Å². The summed E-state index contributed by atoms with van der Waals surface area (Å²) in [5.74, 6) is -0.759. The maximum Gasteiger partial charge on any atom is 0.472 e. The number of hydrogen-bond donors (Lipinski definition) is 5. The Bertz CT molecular complexity index is 2040. The molecule has 4 fully saturated rings. The number of nitrogens with zero attached hydrogens (tertiary/aromatic N) is 7. The largest absolute Gasteiger partial charge is 0.472 e. The molecule has 10 unspecified atom stereocenters. The van der Waals surface area contributed by atoms with E-state index in [9.17, 15) is 28.8 Å². The van der Waals surface area contributed by atoms with E-state index in [0.29, 0.717) is 0 Å². The fourth-order valence-electron chi connectivity index (χ4n) is 6.39. The number of hydrogen-bond acceptors (Lipinski definition) is 17. The summed E-state index contributed by atoms with van der Waals surface area (Å²) in [5.41, 5.74) is 4.16. The lowest BCUT2D eigenvalue weighted by Crippen LogP contribution is -2.45. The topological polar surface area (TPSA) is 293 Å². The van der Waals surface area contributed by atoms with E-state index in [0.717, 1.165) is 0 Å². The van der Waals surface area contributed by atoms with Crippen molar-refractivity contribution in [2.45, 2.75) is 49.4 Å². The fourth-order valence-corrected chi connectivity index (χ4v) is 8.40. The van der Waals surface area contributed by atoms with Crippen LogP contribution in [-0.2, 0) is 41.4 Å². The summed E-state index contributed by atoms with van der Waals surface area (Å²) in [5, 5.41) is 10.3. The van der Waals surface area contributed by atoms with Gasteiger partial charge in [0.05, 0.1) is 45.2 Å². The summed E-state index contributed by atoms with van der Waals surface area (Å²) in [7, 11) is -10.00. The summed E-state index contributed by atoms with van der Waals surface area (Å²) in [6.07, 6.45) is -3.69. The lowest BCUT2D eigenvalue weighted by atomic mass is 9.99. The summed E-state index contributed by atoms with van der Waals surface area (Å²) in [4.78, 5) is 57.6. The van der Waals surface area contributed by atoms with E-state index < -0.39 is 89.4 Å². The molecule has 8 heterocycles. The highest BCUT2D eigenvalue weighted by atomic mass is 31.2. The average molecular weight is 699 g/mol. The van der Waals surface area contributed by atoms with E-state index in [1.165, 1.54) is 28.1 Å². The van der Waals surface area contributed by atoms with Gasteiger partial charge >= 0.3 is 15.6 Å². The smallest absolute Gasteiger partial charge is 0.396 e. The number of rotatable bonds is 3. The predicted molar refractivity (Wildman–Crippen MR) is 151 cm³/mol. The molecule has 10 atom stereocenters. The SMILES string of the molecule is Cc1nc2c(ncn2C2OC3COP(=O)(O)OC4C5OCC4(COP(=O)(O)OC2C3CO)OC5n2cnc3c(N)ncnc32)c(=O)[nH]1. The molecule has 47 heavy (non-hydrogen) atoms. The van der Waals surface area contributed by atoms with E-state index in [1.54, 1.807) is 6.92 Å². The number of aliphatic hydroxyl groups excluding tert-OH is 1. The second-order valence-corrected chi connectivity index (χ2v) is 14.2. The standard InChI is InChI=1S/C23H27N9O13P2/c1-9-29-19-13(20(34)30-9)28-8-32(19)21-14-10(2-33)11(42-21)3-40-46(35,36)45-16-15-22(31-7-27-12-17(24)25-6-26-18(12)31)43-23(16,4-39-15)5-41-47(37,38)44-14/h6-8,10-11,14-16,21-22,33H,2-5H2,1H3,(H,35,36)(H,37,38)(H2,24,25,26)(H,29,30,34). The van der Waals surface area contributed by atoms with Gasteiger partial charge in [0.1, 0.15) is 41.6 Å². The highest BCUT2D eigenvalue weighted by Gasteiger charge is 2.66. The van der Waals surface area contributed by atoms with Crippen molar-refractivity contribution in [2.75, 3.05) is 32.2 Å². The molecule has 4 aromatic rings. The van der Waals surface area contributed by atoms with Crippen molar-refractivity contribution >= 4 is 43.8 Å². The van der Waals surface area contributed by atoms with Gasteiger partial charge in [-0.1, -0.05) is 0 Å². The minimum absolute atomic E-state index is 0.0504. The highest BCUT2D eigenvalue weighted by molar-refractivity contribution is 7.47. The molecule has 4 aliphatic heterocycles. The van der Waals surface area contributed by atoms with Crippen LogP contribution in [0.5, 0.6) is 0 Å². The lowest BCUT2D eigenvalue weighted by molar-refractivity contribution is -0.184. The van der Waals surface area contributed by atoms with Crippen molar-refractivity contribution in [2.24, 2.45) is 5.92 Å². The first-order valence-electron chi connectivity index (χ1n) is 14.1. The number of aryl methyl sites for hydroxylation is 1. The van der Waals surface area contributed by atoms with Gasteiger partial charge in [0.15, 0.2) is 35.1 Å². The molecule has 0 aliphatic carbocycles. The maximum atomic E-state index is 13.6. The number of imidazole rings is 2. The summed E-state index contributed by atoms with van der Waals surface area (Å²) in [6, 6.07) is 0. The Balaban J connectivity index is 1.15. The van der Waals surface area contributed by atoms with Crippen molar-refractivity contribution in [1.82, 2.24) is 39.0 Å². The third-order valence-corrected chi connectivity index (χ3v) is 10.5. The number of aliphatic hydroxyl groups is 1. The number of H-pyrrole nitrogens is 1. The Labute approximate surface area is 262 Å². The van der Waals surface area contributed by atoms with Gasteiger partial charge in [-0.05, 0) is 6.92 Å². The van der Waals surface area contributed by atoms with Gasteiger partial charge in [-0.25, -0.2) is 34.0 Å². The number of phosphoric acid groups is 2. The number of nitrogen functional groups attached to an aromatic ring is 1. The molecular formula is C23H27N9O13P2. The molecule has 0 saturated carbocycles. The zero-order valence-corrected chi connectivity index (χ0v) is 25.9. The Morgan fingerprint density at radius 1 is 1.00 bits per heavy atom. The Morgan fingerprint density at radius 3 is 2.53 bits per heavy atom. The van der Waals surface area contributed by atoms with E-state index >= 15 is 0 Å². The van der Waals surface area contributed by atoms with Gasteiger partial charge < -0.3 is 39.8 Å². The van der Waals surface area contributed by atoms with Crippen LogP contribution in [0.2, 0.25) is 0 Å². The predicted octanol–water partition coefficient (Wildman–Crippen LogP) is -0.960. The van der Waals surface area contributed by atoms with Crippen LogP contribution in [-0.4, -0.2) is 110 Å². The summed E-state index contributed by atoms with van der Waals surface area (Å²) < 4.78 is 70.0. The third-order valence-electron chi connectivity index (χ3n) is 8.54. The molecule has 8 rings (SSSR count). The maximum absolute atomic E-state index is 13.6. The third kappa shape index (κ3) is 5.04. The second-order valence-electron chi connectivity index (χ2n) is 11.4.